The summed E-state index contributed by atoms with van der Waals surface area (Å²) in [6, 6.07) is 3.76. The van der Waals surface area contributed by atoms with Crippen molar-refractivity contribution in [2.75, 3.05) is 18.5 Å². The average Bonchev–Trinajstić information content (AvgIpc) is 2.36. The van der Waals surface area contributed by atoms with Gasteiger partial charge in [-0.05, 0) is 19.1 Å². The highest BCUT2D eigenvalue weighted by molar-refractivity contribution is 5.68. The molecule has 0 amide bonds. The van der Waals surface area contributed by atoms with Gasteiger partial charge in [0.25, 0.3) is 0 Å². The van der Waals surface area contributed by atoms with Gasteiger partial charge in [0.05, 0.1) is 18.1 Å². The monoisotopic (exact) mass is 296 g/mol. The quantitative estimate of drug-likeness (QED) is 0.476. The molecule has 0 bridgehead atoms. The van der Waals surface area contributed by atoms with Gasteiger partial charge in [0.15, 0.2) is 5.75 Å². The number of rotatable bonds is 7. The summed E-state index contributed by atoms with van der Waals surface area (Å²) in [6.45, 7) is 0.313. The second kappa shape index (κ2) is 6.40. The molecule has 1 aromatic carbocycles. The van der Waals surface area contributed by atoms with Crippen molar-refractivity contribution in [2.45, 2.75) is 19.3 Å². The van der Waals surface area contributed by atoms with E-state index in [0.717, 1.165) is 6.07 Å². The molecule has 0 spiro atoms. The minimum atomic E-state index is -4.28. The van der Waals surface area contributed by atoms with Crippen molar-refractivity contribution in [3.63, 3.8) is 0 Å². The molecular weight excluding hydrogens is 284 g/mol. The summed E-state index contributed by atoms with van der Waals surface area (Å²) in [4.78, 5) is 10.1. The van der Waals surface area contributed by atoms with Crippen molar-refractivity contribution in [3.05, 3.63) is 28.3 Å². The molecule has 0 atom stereocenters. The van der Waals surface area contributed by atoms with Gasteiger partial charge < -0.3 is 10.1 Å². The van der Waals surface area contributed by atoms with Crippen LogP contribution in [0.2, 0.25) is 0 Å². The largest absolute Gasteiger partial charge is 0.487 e. The van der Waals surface area contributed by atoms with Gasteiger partial charge in [0, 0.05) is 0 Å². The van der Waals surface area contributed by atoms with Crippen LogP contribution in [-0.2, 0) is 0 Å². The van der Waals surface area contributed by atoms with Crippen LogP contribution in [-0.4, -0.2) is 30.4 Å². The van der Waals surface area contributed by atoms with Crippen LogP contribution >= 0.6 is 0 Å². The van der Waals surface area contributed by atoms with E-state index in [9.17, 15) is 27.7 Å². The number of nitrogens with zero attached hydrogens (tertiary/aromatic N) is 1. The smallest absolute Gasteiger partial charge is 0.333 e. The molecule has 1 rings (SSSR count). The molecule has 1 aromatic rings. The van der Waals surface area contributed by atoms with Crippen molar-refractivity contribution in [1.82, 2.24) is 0 Å². The fraction of sp³-hybridized carbons (Fsp3) is 0.455. The molecule has 5 nitrogen and oxygen atoms in total. The maximum absolute atomic E-state index is 12.8. The third-order valence-corrected chi connectivity index (χ3v) is 2.32. The number of hydrogen-bond acceptors (Lipinski definition) is 4. The number of benzene rings is 1. The van der Waals surface area contributed by atoms with Crippen molar-refractivity contribution < 1.29 is 27.2 Å². The zero-order valence-corrected chi connectivity index (χ0v) is 10.4. The summed E-state index contributed by atoms with van der Waals surface area (Å²) in [5, 5.41) is 12.9. The predicted molar refractivity (Wildman–Crippen MR) is 63.7 cm³/mol. The highest BCUT2D eigenvalue weighted by Gasteiger charge is 2.40. The molecule has 0 aliphatic carbocycles. The Labute approximate surface area is 111 Å². The Kier molecular flexibility index (Phi) is 5.12. The molecule has 0 saturated carbocycles. The Hall–Kier alpha value is -2.06. The van der Waals surface area contributed by atoms with Gasteiger partial charge in [0.1, 0.15) is 5.69 Å². The Balaban J connectivity index is 3.00. The summed E-state index contributed by atoms with van der Waals surface area (Å²) in [5.41, 5.74) is -0.874. The normalized spacial score (nSPS) is 11.5. The van der Waals surface area contributed by atoms with Crippen LogP contribution in [0.25, 0.3) is 0 Å². The van der Waals surface area contributed by atoms with E-state index in [4.69, 9.17) is 4.74 Å². The van der Waals surface area contributed by atoms with Crippen molar-refractivity contribution in [3.8, 4) is 5.75 Å². The molecule has 9 heteroatoms. The first-order valence-corrected chi connectivity index (χ1v) is 5.59. The van der Waals surface area contributed by atoms with E-state index in [1.54, 1.807) is 6.92 Å². The lowest BCUT2D eigenvalue weighted by Gasteiger charge is -2.17. The molecule has 0 aromatic heterocycles. The van der Waals surface area contributed by atoms with E-state index >= 15 is 0 Å². The van der Waals surface area contributed by atoms with Gasteiger partial charge >= 0.3 is 18.0 Å². The Morgan fingerprint density at radius 2 is 2.10 bits per heavy atom. The number of nitro benzene ring substituents is 1. The van der Waals surface area contributed by atoms with E-state index in [0.29, 0.717) is 0 Å². The predicted octanol–water partition coefficient (Wildman–Crippen LogP) is 3.31. The third-order valence-electron chi connectivity index (χ3n) is 2.32. The molecule has 0 unspecified atom stereocenters. The summed E-state index contributed by atoms with van der Waals surface area (Å²) in [7, 11) is 0. The fourth-order valence-electron chi connectivity index (χ4n) is 1.42. The second-order valence-electron chi connectivity index (χ2n) is 3.76. The molecule has 0 aliphatic heterocycles. The highest BCUT2D eigenvalue weighted by atomic mass is 19.3. The van der Waals surface area contributed by atoms with Gasteiger partial charge in [-0.3, -0.25) is 10.1 Å². The van der Waals surface area contributed by atoms with E-state index in [1.807, 2.05) is 5.32 Å². The standard InChI is InChI=1S/C11H12F4N2O3/c1-2-20-8-5-3-4-7(9(8)17(18)19)16-6-11(14,15)10(12)13/h3-5,10,16H,2,6H2,1H3. The molecule has 0 heterocycles. The zero-order chi connectivity index (χ0) is 15.3. The fourth-order valence-corrected chi connectivity index (χ4v) is 1.42. The highest BCUT2D eigenvalue weighted by Crippen LogP contribution is 2.35. The first-order chi connectivity index (χ1) is 9.29. The number of nitrogens with one attached hydrogen (secondary N) is 1. The number of para-hydroxylation sites is 1. The lowest BCUT2D eigenvalue weighted by Crippen LogP contribution is -2.34. The lowest BCUT2D eigenvalue weighted by molar-refractivity contribution is -0.385. The second-order valence-corrected chi connectivity index (χ2v) is 3.76. The number of ether oxygens (including phenoxy) is 1. The minimum absolute atomic E-state index is 0.122. The van der Waals surface area contributed by atoms with Crippen LogP contribution in [0.15, 0.2) is 18.2 Å². The Morgan fingerprint density at radius 1 is 1.45 bits per heavy atom. The van der Waals surface area contributed by atoms with E-state index in [-0.39, 0.29) is 18.0 Å². The Morgan fingerprint density at radius 3 is 2.60 bits per heavy atom. The van der Waals surface area contributed by atoms with Crippen molar-refractivity contribution >= 4 is 11.4 Å². The summed E-state index contributed by atoms with van der Waals surface area (Å²) >= 11 is 0. The summed E-state index contributed by atoms with van der Waals surface area (Å²) in [5.74, 6) is -4.40. The van der Waals surface area contributed by atoms with Crippen LogP contribution in [0.1, 0.15) is 6.92 Å². The van der Waals surface area contributed by atoms with Gasteiger partial charge in [-0.25, -0.2) is 8.78 Å². The van der Waals surface area contributed by atoms with Gasteiger partial charge in [-0.2, -0.15) is 8.78 Å². The maximum Gasteiger partial charge on any atom is 0.333 e. The Bertz CT molecular complexity index is 483. The average molecular weight is 296 g/mol. The van der Waals surface area contributed by atoms with Crippen LogP contribution in [0.5, 0.6) is 5.75 Å². The van der Waals surface area contributed by atoms with Crippen LogP contribution < -0.4 is 10.1 Å². The minimum Gasteiger partial charge on any atom is -0.487 e. The topological polar surface area (TPSA) is 64.4 Å². The molecule has 0 aliphatic rings. The number of anilines is 1. The van der Waals surface area contributed by atoms with Crippen molar-refractivity contribution in [2.24, 2.45) is 0 Å². The molecule has 20 heavy (non-hydrogen) atoms. The first-order valence-electron chi connectivity index (χ1n) is 5.59. The molecule has 1 N–H and O–H groups in total. The number of nitro groups is 1. The van der Waals surface area contributed by atoms with E-state index in [1.165, 1.54) is 12.1 Å². The number of hydrogen-bond donors (Lipinski definition) is 1. The zero-order valence-electron chi connectivity index (χ0n) is 10.4. The van der Waals surface area contributed by atoms with Gasteiger partial charge in [0.2, 0.25) is 0 Å². The van der Waals surface area contributed by atoms with Crippen LogP contribution in [0.4, 0.5) is 28.9 Å². The van der Waals surface area contributed by atoms with Gasteiger partial charge in [-0.1, -0.05) is 6.07 Å². The summed E-state index contributed by atoms with van der Waals surface area (Å²) < 4.78 is 54.7. The number of halogens is 4. The van der Waals surface area contributed by atoms with Crippen molar-refractivity contribution in [1.29, 1.82) is 0 Å². The van der Waals surface area contributed by atoms with Gasteiger partial charge in [-0.15, -0.1) is 0 Å². The van der Waals surface area contributed by atoms with Crippen LogP contribution in [0, 0.1) is 10.1 Å². The molecule has 0 saturated heterocycles. The first kappa shape index (κ1) is 16.0. The summed E-state index contributed by atoms with van der Waals surface area (Å²) in [6.07, 6.45) is -3.86. The SMILES string of the molecule is CCOc1cccc(NCC(F)(F)C(F)F)c1[N+](=O)[O-]. The number of alkyl halides is 4. The molecule has 0 fully saturated rings. The van der Waals surface area contributed by atoms with Crippen LogP contribution in [0.3, 0.4) is 0 Å². The van der Waals surface area contributed by atoms with E-state index in [2.05, 4.69) is 0 Å². The molecular formula is C11H12F4N2O3. The molecule has 0 radical (unpaired) electrons. The maximum atomic E-state index is 12.8. The third kappa shape index (κ3) is 3.72. The molecule has 112 valence electrons. The lowest BCUT2D eigenvalue weighted by atomic mass is 10.2. The van der Waals surface area contributed by atoms with E-state index < -0.39 is 29.5 Å².